The van der Waals surface area contributed by atoms with Crippen LogP contribution in [0.15, 0.2) is 4.99 Å². The summed E-state index contributed by atoms with van der Waals surface area (Å²) < 4.78 is 23.3. The topological polar surface area (TPSA) is 73.8 Å². The summed E-state index contributed by atoms with van der Waals surface area (Å²) in [5, 5.41) is 6.67. The first-order chi connectivity index (χ1) is 12.4. The van der Waals surface area contributed by atoms with Gasteiger partial charge in [0.05, 0.1) is 18.1 Å². The van der Waals surface area contributed by atoms with Crippen molar-refractivity contribution in [3.8, 4) is 0 Å². The van der Waals surface area contributed by atoms with E-state index in [9.17, 15) is 8.42 Å². The smallest absolute Gasteiger partial charge is 0.191 e. The number of guanidine groups is 1. The lowest BCUT2D eigenvalue weighted by atomic mass is 10.0. The summed E-state index contributed by atoms with van der Waals surface area (Å²) in [5.74, 6) is 2.23. The first kappa shape index (κ1) is 21.5. The molecule has 0 aromatic carbocycles. The van der Waals surface area contributed by atoms with Crippen molar-refractivity contribution in [3.05, 3.63) is 0 Å². The quantitative estimate of drug-likeness (QED) is 0.516. The van der Waals surface area contributed by atoms with Crippen LogP contribution >= 0.6 is 0 Å². The molecule has 0 aromatic heterocycles. The number of sulfone groups is 1. The Morgan fingerprint density at radius 3 is 2.38 bits per heavy atom. The number of nitrogens with zero attached hydrogens (tertiary/aromatic N) is 2. The zero-order chi connectivity index (χ0) is 19.0. The molecular weight excluding hydrogens is 348 g/mol. The number of aliphatic imine (C=N–C) groups is 1. The molecule has 2 rings (SSSR count). The number of rotatable bonds is 7. The second-order valence-corrected chi connectivity index (χ2v) is 10.4. The molecule has 0 saturated carbocycles. The second-order valence-electron chi connectivity index (χ2n) is 8.13. The maximum absolute atomic E-state index is 11.6. The van der Waals surface area contributed by atoms with Crippen LogP contribution in [0, 0.1) is 11.8 Å². The van der Waals surface area contributed by atoms with E-state index in [1.54, 1.807) is 0 Å². The third-order valence-corrected chi connectivity index (χ3v) is 7.38. The van der Waals surface area contributed by atoms with Crippen molar-refractivity contribution in [1.82, 2.24) is 15.5 Å². The van der Waals surface area contributed by atoms with E-state index >= 15 is 0 Å². The molecule has 0 aliphatic carbocycles. The molecule has 152 valence electrons. The average molecular weight is 387 g/mol. The number of likely N-dealkylation sites (tertiary alicyclic amines) is 1. The molecule has 0 bridgehead atoms. The lowest BCUT2D eigenvalue weighted by Gasteiger charge is -2.32. The highest BCUT2D eigenvalue weighted by Gasteiger charge is 2.28. The minimum atomic E-state index is -2.82. The van der Waals surface area contributed by atoms with Crippen LogP contribution in [0.1, 0.15) is 52.9 Å². The summed E-state index contributed by atoms with van der Waals surface area (Å²) in [6, 6.07) is 0.468. The van der Waals surface area contributed by atoms with E-state index in [1.165, 1.54) is 38.8 Å². The van der Waals surface area contributed by atoms with Crippen LogP contribution in [0.5, 0.6) is 0 Å². The molecule has 2 heterocycles. The standard InChI is InChI=1S/C19H38N4O2S/c1-4-20-19(21-13-17-9-12-26(24,25)15-17)22-14-18(16(2)3)23-10-7-5-6-8-11-23/h16-18H,4-15H2,1-3H3,(H2,20,21,22). The van der Waals surface area contributed by atoms with E-state index in [2.05, 4.69) is 36.3 Å². The minimum absolute atomic E-state index is 0.204. The van der Waals surface area contributed by atoms with E-state index in [1.807, 2.05) is 0 Å². The fraction of sp³-hybridized carbons (Fsp3) is 0.947. The lowest BCUT2D eigenvalue weighted by Crippen LogP contribution is -2.44. The molecule has 2 aliphatic heterocycles. The van der Waals surface area contributed by atoms with Crippen LogP contribution in [-0.2, 0) is 9.84 Å². The summed E-state index contributed by atoms with van der Waals surface area (Å²) in [4.78, 5) is 7.46. The van der Waals surface area contributed by atoms with Gasteiger partial charge in [-0.3, -0.25) is 9.89 Å². The molecule has 7 heteroatoms. The van der Waals surface area contributed by atoms with Crippen molar-refractivity contribution in [1.29, 1.82) is 0 Å². The molecule has 2 atom stereocenters. The summed E-state index contributed by atoms with van der Waals surface area (Å²) in [5.41, 5.74) is 0. The van der Waals surface area contributed by atoms with Crippen LogP contribution in [-0.4, -0.2) is 69.5 Å². The molecule has 0 radical (unpaired) electrons. The van der Waals surface area contributed by atoms with E-state index in [-0.39, 0.29) is 5.92 Å². The maximum Gasteiger partial charge on any atom is 0.191 e. The Bertz CT molecular complexity index is 540. The molecular formula is C19H38N4O2S. The largest absolute Gasteiger partial charge is 0.357 e. The zero-order valence-electron chi connectivity index (χ0n) is 16.8. The molecule has 0 aromatic rings. The fourth-order valence-corrected chi connectivity index (χ4v) is 5.84. The molecule has 2 aliphatic rings. The minimum Gasteiger partial charge on any atom is -0.357 e. The first-order valence-electron chi connectivity index (χ1n) is 10.4. The third kappa shape index (κ3) is 7.06. The molecule has 2 saturated heterocycles. The van der Waals surface area contributed by atoms with Gasteiger partial charge in [-0.25, -0.2) is 8.42 Å². The lowest BCUT2D eigenvalue weighted by molar-refractivity contribution is 0.166. The molecule has 2 unspecified atom stereocenters. The van der Waals surface area contributed by atoms with Gasteiger partial charge in [0.15, 0.2) is 15.8 Å². The maximum atomic E-state index is 11.6. The molecule has 26 heavy (non-hydrogen) atoms. The highest BCUT2D eigenvalue weighted by molar-refractivity contribution is 7.91. The Balaban J connectivity index is 1.92. The zero-order valence-corrected chi connectivity index (χ0v) is 17.7. The molecule has 0 spiro atoms. The van der Waals surface area contributed by atoms with Crippen LogP contribution in [0.25, 0.3) is 0 Å². The Hall–Kier alpha value is -0.820. The second kappa shape index (κ2) is 10.5. The van der Waals surface area contributed by atoms with Gasteiger partial charge < -0.3 is 10.6 Å². The number of nitrogens with one attached hydrogen (secondary N) is 2. The van der Waals surface area contributed by atoms with Crippen molar-refractivity contribution in [2.75, 3.05) is 44.2 Å². The van der Waals surface area contributed by atoms with Crippen molar-refractivity contribution >= 4 is 15.8 Å². The van der Waals surface area contributed by atoms with Crippen LogP contribution in [0.2, 0.25) is 0 Å². The van der Waals surface area contributed by atoms with Crippen molar-refractivity contribution in [2.45, 2.75) is 58.9 Å². The highest BCUT2D eigenvalue weighted by Crippen LogP contribution is 2.18. The van der Waals surface area contributed by atoms with Gasteiger partial charge in [0.1, 0.15) is 0 Å². The monoisotopic (exact) mass is 386 g/mol. The van der Waals surface area contributed by atoms with Crippen LogP contribution in [0.3, 0.4) is 0 Å². The van der Waals surface area contributed by atoms with E-state index in [0.717, 1.165) is 25.5 Å². The fourth-order valence-electron chi connectivity index (χ4n) is 3.98. The van der Waals surface area contributed by atoms with Gasteiger partial charge in [0, 0.05) is 19.1 Å². The Morgan fingerprint density at radius 2 is 1.85 bits per heavy atom. The van der Waals surface area contributed by atoms with Gasteiger partial charge in [-0.2, -0.15) is 0 Å². The van der Waals surface area contributed by atoms with E-state index in [0.29, 0.717) is 30.0 Å². The molecule has 0 amide bonds. The Labute approximate surface area is 160 Å². The first-order valence-corrected chi connectivity index (χ1v) is 12.2. The molecule has 2 N–H and O–H groups in total. The van der Waals surface area contributed by atoms with Gasteiger partial charge >= 0.3 is 0 Å². The average Bonchev–Trinajstić information content (AvgIpc) is 2.77. The van der Waals surface area contributed by atoms with Gasteiger partial charge in [-0.05, 0) is 51.1 Å². The SMILES string of the molecule is CCNC(=NCC(C(C)C)N1CCCCCC1)NCC1CCS(=O)(=O)C1. The van der Waals surface area contributed by atoms with Gasteiger partial charge in [-0.1, -0.05) is 26.7 Å². The Morgan fingerprint density at radius 1 is 1.15 bits per heavy atom. The summed E-state index contributed by atoms with van der Waals surface area (Å²) in [6.07, 6.45) is 6.04. The van der Waals surface area contributed by atoms with E-state index < -0.39 is 9.84 Å². The summed E-state index contributed by atoms with van der Waals surface area (Å²) in [6.45, 7) is 11.3. The highest BCUT2D eigenvalue weighted by atomic mass is 32.2. The Kier molecular flexibility index (Phi) is 8.67. The van der Waals surface area contributed by atoms with Gasteiger partial charge in [0.2, 0.25) is 0 Å². The summed E-state index contributed by atoms with van der Waals surface area (Å²) >= 11 is 0. The van der Waals surface area contributed by atoms with Crippen molar-refractivity contribution in [3.63, 3.8) is 0 Å². The summed E-state index contributed by atoms with van der Waals surface area (Å²) in [7, 11) is -2.82. The third-order valence-electron chi connectivity index (χ3n) is 5.54. The normalized spacial score (nSPS) is 25.8. The molecule has 2 fully saturated rings. The van der Waals surface area contributed by atoms with Gasteiger partial charge in [-0.15, -0.1) is 0 Å². The number of hydrogen-bond donors (Lipinski definition) is 2. The van der Waals surface area contributed by atoms with Crippen LogP contribution < -0.4 is 10.6 Å². The van der Waals surface area contributed by atoms with Gasteiger partial charge in [0.25, 0.3) is 0 Å². The van der Waals surface area contributed by atoms with Crippen LogP contribution in [0.4, 0.5) is 0 Å². The predicted octanol–water partition coefficient (Wildman–Crippen LogP) is 1.88. The van der Waals surface area contributed by atoms with Crippen molar-refractivity contribution < 1.29 is 8.42 Å². The van der Waals surface area contributed by atoms with E-state index in [4.69, 9.17) is 4.99 Å². The van der Waals surface area contributed by atoms with Crippen molar-refractivity contribution in [2.24, 2.45) is 16.8 Å². The predicted molar refractivity (Wildman–Crippen MR) is 109 cm³/mol. The molecule has 6 nitrogen and oxygen atoms in total. The number of hydrogen-bond acceptors (Lipinski definition) is 4.